The number of allylic oxidation sites excluding steroid dienone is 5. The van der Waals surface area contributed by atoms with Gasteiger partial charge in [-0.2, -0.15) is 0 Å². The fraction of sp³-hybridized carbons (Fsp3) is 0.290. The maximum atomic E-state index is 4.58. The summed E-state index contributed by atoms with van der Waals surface area (Å²) in [5, 5.41) is 0. The van der Waals surface area contributed by atoms with Crippen molar-refractivity contribution in [3.05, 3.63) is 124 Å². The largest absolute Gasteiger partial charge is 0.328 e. The lowest BCUT2D eigenvalue weighted by Crippen LogP contribution is -2.39. The first-order valence-corrected chi connectivity index (χ1v) is 11.8. The molecule has 0 bridgehead atoms. The van der Waals surface area contributed by atoms with E-state index in [2.05, 4.69) is 125 Å². The van der Waals surface area contributed by atoms with E-state index in [1.54, 1.807) is 0 Å². The first-order valence-electron chi connectivity index (χ1n) is 11.8. The molecule has 2 aromatic rings. The normalized spacial score (nSPS) is 15.3. The van der Waals surface area contributed by atoms with E-state index in [9.17, 15) is 0 Å². The van der Waals surface area contributed by atoms with Crippen LogP contribution in [-0.4, -0.2) is 16.3 Å². The molecule has 0 amide bonds. The molecule has 2 aromatic carbocycles. The summed E-state index contributed by atoms with van der Waals surface area (Å²) in [6.45, 7) is 23.7. The zero-order valence-corrected chi connectivity index (χ0v) is 21.2. The summed E-state index contributed by atoms with van der Waals surface area (Å²) in [5.41, 5.74) is 11.2. The zero-order chi connectivity index (χ0) is 24.1. The van der Waals surface area contributed by atoms with Gasteiger partial charge in [-0.15, -0.1) is 0 Å². The molecule has 172 valence electrons. The zero-order valence-electron chi connectivity index (χ0n) is 21.2. The first kappa shape index (κ1) is 24.4. The highest BCUT2D eigenvalue weighted by atomic mass is 15.4. The average molecular weight is 439 g/mol. The van der Waals surface area contributed by atoms with E-state index in [0.717, 1.165) is 31.0 Å². The van der Waals surface area contributed by atoms with Gasteiger partial charge in [-0.1, -0.05) is 79.4 Å². The van der Waals surface area contributed by atoms with Crippen LogP contribution in [0.5, 0.6) is 0 Å². The third-order valence-corrected chi connectivity index (χ3v) is 6.84. The summed E-state index contributed by atoms with van der Waals surface area (Å²) in [5.74, 6) is 0.991. The molecule has 0 fully saturated rings. The van der Waals surface area contributed by atoms with Gasteiger partial charge in [0, 0.05) is 30.1 Å². The van der Waals surface area contributed by atoms with E-state index in [0.29, 0.717) is 0 Å². The Bertz CT molecular complexity index is 1140. The molecular weight excluding hydrogens is 400 g/mol. The van der Waals surface area contributed by atoms with E-state index in [-0.39, 0.29) is 0 Å². The lowest BCUT2D eigenvalue weighted by Gasteiger charge is -2.44. The van der Waals surface area contributed by atoms with Crippen molar-refractivity contribution < 1.29 is 0 Å². The van der Waals surface area contributed by atoms with Crippen LogP contribution in [0.4, 0.5) is 0 Å². The summed E-state index contributed by atoms with van der Waals surface area (Å²) in [6.07, 6.45) is 7.42. The molecule has 0 spiro atoms. The minimum Gasteiger partial charge on any atom is -0.328 e. The van der Waals surface area contributed by atoms with Gasteiger partial charge in [0.1, 0.15) is 5.82 Å². The first-order chi connectivity index (χ1) is 15.8. The third kappa shape index (κ3) is 5.06. The lowest BCUT2D eigenvalue weighted by atomic mass is 9.91. The van der Waals surface area contributed by atoms with Crippen molar-refractivity contribution in [1.82, 2.24) is 9.80 Å². The molecule has 0 N–H and O–H groups in total. The summed E-state index contributed by atoms with van der Waals surface area (Å²) in [4.78, 5) is 4.66. The Balaban J connectivity index is 2.09. The van der Waals surface area contributed by atoms with Gasteiger partial charge in [0.15, 0.2) is 0 Å². The molecular formula is C31H38N2. The van der Waals surface area contributed by atoms with Crippen LogP contribution in [0.25, 0.3) is 5.57 Å². The molecule has 2 heteroatoms. The van der Waals surface area contributed by atoms with Crippen molar-refractivity contribution in [2.45, 2.75) is 54.5 Å². The van der Waals surface area contributed by atoms with E-state index in [4.69, 9.17) is 0 Å². The van der Waals surface area contributed by atoms with Crippen LogP contribution in [0.1, 0.15) is 55.0 Å². The molecule has 0 radical (unpaired) electrons. The minimum absolute atomic E-state index is 0.792. The maximum Gasteiger partial charge on any atom is 0.106 e. The molecule has 0 aromatic heterocycles. The van der Waals surface area contributed by atoms with Gasteiger partial charge in [-0.05, 0) is 75.8 Å². The van der Waals surface area contributed by atoms with Gasteiger partial charge in [-0.25, -0.2) is 0 Å². The number of hydrogen-bond donors (Lipinski definition) is 0. The van der Waals surface area contributed by atoms with Crippen LogP contribution in [-0.2, 0) is 6.54 Å². The minimum atomic E-state index is 0.792. The molecule has 2 nitrogen and oxygen atoms in total. The van der Waals surface area contributed by atoms with E-state index < -0.39 is 0 Å². The summed E-state index contributed by atoms with van der Waals surface area (Å²) in [6, 6.07) is 15.2. The number of nitrogens with zero attached hydrogens (tertiary/aromatic N) is 2. The molecule has 0 saturated carbocycles. The van der Waals surface area contributed by atoms with Gasteiger partial charge in [0.05, 0.1) is 0 Å². The van der Waals surface area contributed by atoms with Crippen LogP contribution in [0.3, 0.4) is 0 Å². The van der Waals surface area contributed by atoms with Crippen LogP contribution in [0.15, 0.2) is 96.6 Å². The van der Waals surface area contributed by atoms with Crippen LogP contribution < -0.4 is 0 Å². The standard InChI is InChI=1S/C31H38N2/c1-9-14-28(10-2)19-20-32-25(6)31(30-18-13-16-22(3)24(30)5)26(7)33(27(32)8)21-29-17-12-11-15-23(29)4/h9-18H,6,8,19-21H2,1-5,7H3/b14-9-,28-10+. The Morgan fingerprint density at radius 1 is 0.879 bits per heavy atom. The van der Waals surface area contributed by atoms with E-state index in [1.807, 2.05) is 0 Å². The Morgan fingerprint density at radius 2 is 1.58 bits per heavy atom. The SMILES string of the molecule is C=C1C(c2cccc(C)c2C)=C(C)N(Cc2ccccc2C)C(=C)N1CCC(/C=C\C)=C/C. The second kappa shape index (κ2) is 10.6. The van der Waals surface area contributed by atoms with Crippen molar-refractivity contribution in [2.24, 2.45) is 0 Å². The van der Waals surface area contributed by atoms with Gasteiger partial charge >= 0.3 is 0 Å². The van der Waals surface area contributed by atoms with Gasteiger partial charge in [0.2, 0.25) is 0 Å². The third-order valence-electron chi connectivity index (χ3n) is 6.84. The smallest absolute Gasteiger partial charge is 0.106 e. The van der Waals surface area contributed by atoms with Crippen LogP contribution >= 0.6 is 0 Å². The Morgan fingerprint density at radius 3 is 2.24 bits per heavy atom. The van der Waals surface area contributed by atoms with Crippen LogP contribution in [0.2, 0.25) is 0 Å². The summed E-state index contributed by atoms with van der Waals surface area (Å²) in [7, 11) is 0. The molecule has 1 aliphatic heterocycles. The second-order valence-electron chi connectivity index (χ2n) is 8.85. The Labute approximate surface area is 200 Å². The predicted octanol–water partition coefficient (Wildman–Crippen LogP) is 8.06. The van der Waals surface area contributed by atoms with E-state index in [1.165, 1.54) is 44.7 Å². The Hall–Kier alpha value is -3.26. The molecule has 3 rings (SSSR count). The molecule has 33 heavy (non-hydrogen) atoms. The maximum absolute atomic E-state index is 4.58. The highest BCUT2D eigenvalue weighted by molar-refractivity contribution is 5.83. The van der Waals surface area contributed by atoms with Crippen molar-refractivity contribution in [2.75, 3.05) is 6.54 Å². The molecule has 0 atom stereocenters. The number of aryl methyl sites for hydroxylation is 2. The average Bonchev–Trinajstić information content (AvgIpc) is 2.79. The van der Waals surface area contributed by atoms with E-state index >= 15 is 0 Å². The van der Waals surface area contributed by atoms with Crippen molar-refractivity contribution in [3.8, 4) is 0 Å². The highest BCUT2D eigenvalue weighted by Crippen LogP contribution is 2.41. The fourth-order valence-electron chi connectivity index (χ4n) is 4.56. The van der Waals surface area contributed by atoms with Crippen molar-refractivity contribution >= 4 is 5.57 Å². The molecule has 0 unspecified atom stereocenters. The summed E-state index contributed by atoms with van der Waals surface area (Å²) >= 11 is 0. The Kier molecular flexibility index (Phi) is 7.81. The lowest BCUT2D eigenvalue weighted by molar-refractivity contribution is 0.272. The van der Waals surface area contributed by atoms with Crippen LogP contribution in [0, 0.1) is 20.8 Å². The molecule has 1 aliphatic rings. The topological polar surface area (TPSA) is 6.48 Å². The number of hydrogen-bond acceptors (Lipinski definition) is 2. The highest BCUT2D eigenvalue weighted by Gasteiger charge is 2.30. The van der Waals surface area contributed by atoms with Crippen molar-refractivity contribution in [3.63, 3.8) is 0 Å². The summed E-state index contributed by atoms with van der Waals surface area (Å²) < 4.78 is 0. The molecule has 1 heterocycles. The fourth-order valence-corrected chi connectivity index (χ4v) is 4.56. The van der Waals surface area contributed by atoms with Gasteiger partial charge in [0.25, 0.3) is 0 Å². The number of benzene rings is 2. The number of rotatable bonds is 7. The molecule has 0 aliphatic carbocycles. The second-order valence-corrected chi connectivity index (χ2v) is 8.85. The van der Waals surface area contributed by atoms with Crippen molar-refractivity contribution in [1.29, 1.82) is 0 Å². The monoisotopic (exact) mass is 438 g/mol. The molecule has 0 saturated heterocycles. The predicted molar refractivity (Wildman–Crippen MR) is 143 cm³/mol. The quantitative estimate of drug-likeness (QED) is 0.403. The van der Waals surface area contributed by atoms with Gasteiger partial charge < -0.3 is 9.80 Å². The van der Waals surface area contributed by atoms with Gasteiger partial charge in [-0.3, -0.25) is 0 Å².